The first-order chi connectivity index (χ1) is 10.1. The van der Waals surface area contributed by atoms with Gasteiger partial charge in [-0.2, -0.15) is 0 Å². The molecule has 0 aromatic carbocycles. The quantitative estimate of drug-likeness (QED) is 0.866. The van der Waals surface area contributed by atoms with E-state index in [-0.39, 0.29) is 24.3 Å². The van der Waals surface area contributed by atoms with Gasteiger partial charge in [-0.1, -0.05) is 19.3 Å². The van der Waals surface area contributed by atoms with E-state index in [9.17, 15) is 9.59 Å². The molecule has 0 bridgehead atoms. The molecule has 5 heteroatoms. The van der Waals surface area contributed by atoms with Crippen molar-refractivity contribution in [1.82, 2.24) is 9.88 Å². The van der Waals surface area contributed by atoms with Crippen molar-refractivity contribution >= 4 is 17.5 Å². The summed E-state index contributed by atoms with van der Waals surface area (Å²) in [6, 6.07) is 3.46. The predicted octanol–water partition coefficient (Wildman–Crippen LogP) is 2.26. The molecule has 1 unspecified atom stereocenters. The van der Waals surface area contributed by atoms with Gasteiger partial charge in [0.05, 0.1) is 18.3 Å². The van der Waals surface area contributed by atoms with Crippen molar-refractivity contribution in [3.05, 3.63) is 24.0 Å². The minimum absolute atomic E-state index is 0.0375. The van der Waals surface area contributed by atoms with Gasteiger partial charge in [0.1, 0.15) is 6.04 Å². The van der Waals surface area contributed by atoms with E-state index in [1.165, 1.54) is 11.3 Å². The van der Waals surface area contributed by atoms with E-state index in [0.29, 0.717) is 0 Å². The Morgan fingerprint density at radius 1 is 1.19 bits per heavy atom. The van der Waals surface area contributed by atoms with Gasteiger partial charge in [0.2, 0.25) is 5.91 Å². The van der Waals surface area contributed by atoms with E-state index in [1.54, 1.807) is 6.20 Å². The summed E-state index contributed by atoms with van der Waals surface area (Å²) in [4.78, 5) is 30.4. The predicted molar refractivity (Wildman–Crippen MR) is 79.7 cm³/mol. The van der Waals surface area contributed by atoms with Gasteiger partial charge >= 0.3 is 0 Å². The summed E-state index contributed by atoms with van der Waals surface area (Å²) in [7, 11) is 0. The van der Waals surface area contributed by atoms with Crippen molar-refractivity contribution in [1.29, 1.82) is 0 Å². The number of carbonyl (C=O) groups is 2. The van der Waals surface area contributed by atoms with Gasteiger partial charge in [-0.05, 0) is 31.9 Å². The summed E-state index contributed by atoms with van der Waals surface area (Å²) in [5, 5.41) is 3.14. The fourth-order valence-corrected chi connectivity index (χ4v) is 3.24. The molecule has 2 fully saturated rings. The second-order valence-electron chi connectivity index (χ2n) is 5.98. The molecule has 5 nitrogen and oxygen atoms in total. The topological polar surface area (TPSA) is 62.3 Å². The highest BCUT2D eigenvalue weighted by Gasteiger charge is 2.42. The Hall–Kier alpha value is -1.91. The minimum atomic E-state index is -0.441. The van der Waals surface area contributed by atoms with Crippen LogP contribution in [0.25, 0.3) is 0 Å². The minimum Gasteiger partial charge on any atom is -0.372 e. The number of anilines is 1. The number of nitrogens with one attached hydrogen (secondary N) is 1. The molecule has 3 rings (SSSR count). The van der Waals surface area contributed by atoms with Crippen LogP contribution in [-0.4, -0.2) is 33.8 Å². The average Bonchev–Trinajstić information content (AvgIpc) is 2.77. The lowest BCUT2D eigenvalue weighted by molar-refractivity contribution is -0.141. The number of nitrogens with zero attached hydrogens (tertiary/aromatic N) is 2. The number of hydrogen-bond donors (Lipinski definition) is 1. The van der Waals surface area contributed by atoms with Crippen LogP contribution >= 0.6 is 0 Å². The van der Waals surface area contributed by atoms with Crippen LogP contribution in [0, 0.1) is 6.92 Å². The van der Waals surface area contributed by atoms with Crippen molar-refractivity contribution in [2.75, 3.05) is 5.32 Å². The summed E-state index contributed by atoms with van der Waals surface area (Å²) in [5.74, 6) is -0.114. The zero-order valence-electron chi connectivity index (χ0n) is 12.3. The number of imide groups is 1. The van der Waals surface area contributed by atoms with Crippen LogP contribution < -0.4 is 5.32 Å². The third kappa shape index (κ3) is 2.91. The van der Waals surface area contributed by atoms with Crippen molar-refractivity contribution < 1.29 is 9.59 Å². The lowest BCUT2D eigenvalue weighted by atomic mass is 9.94. The molecule has 1 atom stereocenters. The maximum atomic E-state index is 12.5. The van der Waals surface area contributed by atoms with E-state index in [4.69, 9.17) is 0 Å². The summed E-state index contributed by atoms with van der Waals surface area (Å²) in [6.45, 7) is 1.92. The Kier molecular flexibility index (Phi) is 3.90. The molecule has 0 spiro atoms. The van der Waals surface area contributed by atoms with E-state index in [1.807, 2.05) is 19.1 Å². The highest BCUT2D eigenvalue weighted by molar-refractivity contribution is 6.07. The first kappa shape index (κ1) is 14.0. The number of hydrogen-bond acceptors (Lipinski definition) is 4. The van der Waals surface area contributed by atoms with E-state index < -0.39 is 6.04 Å². The lowest BCUT2D eigenvalue weighted by Gasteiger charge is -2.29. The second kappa shape index (κ2) is 5.84. The van der Waals surface area contributed by atoms with Crippen molar-refractivity contribution in [2.24, 2.45) is 0 Å². The highest BCUT2D eigenvalue weighted by atomic mass is 16.2. The molecule has 2 aliphatic rings. The van der Waals surface area contributed by atoms with Crippen LogP contribution in [0.1, 0.15) is 44.2 Å². The number of carbonyl (C=O) groups excluding carboxylic acids is 2. The molecule has 21 heavy (non-hydrogen) atoms. The molecule has 1 aromatic rings. The lowest BCUT2D eigenvalue weighted by Crippen LogP contribution is -2.43. The van der Waals surface area contributed by atoms with Crippen molar-refractivity contribution in [3.8, 4) is 0 Å². The SMILES string of the molecule is Cc1ccc(NC2CC(=O)N(C3CCCCC3)C2=O)cn1. The maximum absolute atomic E-state index is 12.5. The standard InChI is InChI=1S/C16H21N3O2/c1-11-7-8-12(10-17-11)18-14-9-15(20)19(16(14)21)13-5-3-2-4-6-13/h7-8,10,13-14,18H,2-6,9H2,1H3. The Balaban J connectivity index is 1.69. The van der Waals surface area contributed by atoms with Crippen LogP contribution in [0.3, 0.4) is 0 Å². The molecule has 2 heterocycles. The molecule has 1 aliphatic heterocycles. The monoisotopic (exact) mass is 287 g/mol. The molecule has 1 saturated heterocycles. The normalized spacial score (nSPS) is 23.7. The molecule has 1 saturated carbocycles. The number of amides is 2. The first-order valence-electron chi connectivity index (χ1n) is 7.70. The molecule has 0 radical (unpaired) electrons. The van der Waals surface area contributed by atoms with Crippen molar-refractivity contribution in [3.63, 3.8) is 0 Å². The van der Waals surface area contributed by atoms with Crippen LogP contribution in [-0.2, 0) is 9.59 Å². The van der Waals surface area contributed by atoms with E-state index in [2.05, 4.69) is 10.3 Å². The molecule has 1 N–H and O–H groups in total. The third-order valence-electron chi connectivity index (χ3n) is 4.38. The zero-order chi connectivity index (χ0) is 14.8. The summed E-state index contributed by atoms with van der Waals surface area (Å²) in [5.41, 5.74) is 1.72. The smallest absolute Gasteiger partial charge is 0.252 e. The molecule has 1 aromatic heterocycles. The Labute approximate surface area is 124 Å². The van der Waals surface area contributed by atoms with E-state index >= 15 is 0 Å². The van der Waals surface area contributed by atoms with Crippen LogP contribution in [0.15, 0.2) is 18.3 Å². The molecular weight excluding hydrogens is 266 g/mol. The van der Waals surface area contributed by atoms with Crippen LogP contribution in [0.5, 0.6) is 0 Å². The molecular formula is C16H21N3O2. The van der Waals surface area contributed by atoms with Crippen LogP contribution in [0.2, 0.25) is 0 Å². The summed E-state index contributed by atoms with van der Waals surface area (Å²) < 4.78 is 0. The maximum Gasteiger partial charge on any atom is 0.252 e. The third-order valence-corrected chi connectivity index (χ3v) is 4.38. The first-order valence-corrected chi connectivity index (χ1v) is 7.70. The average molecular weight is 287 g/mol. The van der Waals surface area contributed by atoms with Crippen molar-refractivity contribution in [2.45, 2.75) is 57.5 Å². The zero-order valence-corrected chi connectivity index (χ0v) is 12.3. The molecule has 1 aliphatic carbocycles. The van der Waals surface area contributed by atoms with Gasteiger partial charge in [-0.15, -0.1) is 0 Å². The van der Waals surface area contributed by atoms with Gasteiger partial charge in [-0.25, -0.2) is 0 Å². The Morgan fingerprint density at radius 2 is 1.95 bits per heavy atom. The number of rotatable bonds is 3. The summed E-state index contributed by atoms with van der Waals surface area (Å²) in [6.07, 6.45) is 7.30. The number of pyridine rings is 1. The van der Waals surface area contributed by atoms with Gasteiger partial charge in [0, 0.05) is 11.7 Å². The Bertz CT molecular complexity index is 535. The fraction of sp³-hybridized carbons (Fsp3) is 0.562. The number of likely N-dealkylation sites (tertiary alicyclic amines) is 1. The number of aryl methyl sites for hydroxylation is 1. The molecule has 112 valence electrons. The fourth-order valence-electron chi connectivity index (χ4n) is 3.24. The van der Waals surface area contributed by atoms with Gasteiger partial charge in [-0.3, -0.25) is 19.5 Å². The van der Waals surface area contributed by atoms with E-state index in [0.717, 1.165) is 37.1 Å². The highest BCUT2D eigenvalue weighted by Crippen LogP contribution is 2.28. The summed E-state index contributed by atoms with van der Waals surface area (Å²) >= 11 is 0. The molecule has 2 amide bonds. The largest absolute Gasteiger partial charge is 0.372 e. The van der Waals surface area contributed by atoms with Gasteiger partial charge < -0.3 is 5.32 Å². The Morgan fingerprint density at radius 3 is 2.62 bits per heavy atom. The second-order valence-corrected chi connectivity index (χ2v) is 5.98. The van der Waals surface area contributed by atoms with Gasteiger partial charge in [0.25, 0.3) is 5.91 Å². The van der Waals surface area contributed by atoms with Crippen LogP contribution in [0.4, 0.5) is 5.69 Å². The number of aromatic nitrogens is 1. The van der Waals surface area contributed by atoms with Gasteiger partial charge in [0.15, 0.2) is 0 Å².